The van der Waals surface area contributed by atoms with Crippen molar-refractivity contribution < 1.29 is 4.57 Å². The highest BCUT2D eigenvalue weighted by atomic mass is 15.1. The van der Waals surface area contributed by atoms with Crippen LogP contribution in [-0.2, 0) is 18.4 Å². The number of unbranched alkanes of at least 4 members (excludes halogenated alkanes) is 25. The van der Waals surface area contributed by atoms with Crippen LogP contribution in [0.2, 0.25) is 0 Å². The van der Waals surface area contributed by atoms with Gasteiger partial charge in [-0.15, -0.1) is 0 Å². The third kappa shape index (κ3) is 18.1. The zero-order chi connectivity index (χ0) is 36.8. The fourth-order valence-electron chi connectivity index (χ4n) is 8.74. The van der Waals surface area contributed by atoms with Gasteiger partial charge in [0.05, 0.1) is 12.5 Å². The van der Waals surface area contributed by atoms with Gasteiger partial charge in [0.25, 0.3) is 5.82 Å². The number of benzene rings is 2. The Morgan fingerprint density at radius 2 is 0.904 bits per heavy atom. The largest absolute Gasteiger partial charge is 0.258 e. The summed E-state index contributed by atoms with van der Waals surface area (Å²) in [4.78, 5) is 3.82. The first-order chi connectivity index (χ1) is 25.7. The Morgan fingerprint density at radius 3 is 1.37 bits per heavy atom. The maximum atomic E-state index is 3.82. The molecule has 2 heteroatoms. The number of nitrogens with one attached hydrogen (secondary N) is 1. The molecule has 2 unspecified atom stereocenters. The Kier molecular flexibility index (Phi) is 24.6. The zero-order valence-corrected chi connectivity index (χ0v) is 34.7. The molecule has 0 radical (unpaired) electrons. The first-order valence-electron chi connectivity index (χ1n) is 22.8. The molecule has 0 saturated carbocycles. The van der Waals surface area contributed by atoms with Crippen molar-refractivity contribution in [2.75, 3.05) is 0 Å². The second-order valence-corrected chi connectivity index (χ2v) is 16.7. The molecule has 0 aliphatic rings. The van der Waals surface area contributed by atoms with Crippen molar-refractivity contribution in [1.29, 1.82) is 0 Å². The number of aryl methyl sites for hydroxylation is 1. The molecule has 0 fully saturated rings. The summed E-state index contributed by atoms with van der Waals surface area (Å²) in [5.74, 6) is 1.87. The maximum absolute atomic E-state index is 3.82. The lowest BCUT2D eigenvalue weighted by atomic mass is 9.66. The Balaban J connectivity index is 1.50. The molecule has 2 aromatic carbocycles. The number of imidazole rings is 1. The molecule has 1 N–H and O–H groups in total. The lowest BCUT2D eigenvalue weighted by Crippen LogP contribution is -2.43. The second-order valence-electron chi connectivity index (χ2n) is 16.7. The van der Waals surface area contributed by atoms with Crippen molar-refractivity contribution in [2.24, 2.45) is 0 Å². The van der Waals surface area contributed by atoms with Crippen LogP contribution in [-0.4, -0.2) is 4.98 Å². The van der Waals surface area contributed by atoms with E-state index in [1.807, 2.05) is 0 Å². The Bertz CT molecular complexity index is 1200. The van der Waals surface area contributed by atoms with Crippen molar-refractivity contribution in [3.8, 4) is 0 Å². The van der Waals surface area contributed by atoms with E-state index in [9.17, 15) is 0 Å². The highest BCUT2D eigenvalue weighted by molar-refractivity contribution is 5.32. The van der Waals surface area contributed by atoms with Crippen LogP contribution in [0.15, 0.2) is 73.1 Å². The van der Waals surface area contributed by atoms with Gasteiger partial charge < -0.3 is 0 Å². The maximum Gasteiger partial charge on any atom is 0.258 e. The smallest absolute Gasteiger partial charge is 0.247 e. The highest BCUT2D eigenvalue weighted by Gasteiger charge is 2.42. The lowest BCUT2D eigenvalue weighted by molar-refractivity contribution is -0.705. The summed E-state index contributed by atoms with van der Waals surface area (Å²) >= 11 is 0. The monoisotopic (exact) mass is 712 g/mol. The number of rotatable bonds is 34. The summed E-state index contributed by atoms with van der Waals surface area (Å²) in [6.07, 6.45) is 44.9. The van der Waals surface area contributed by atoms with Gasteiger partial charge in [-0.3, -0.25) is 0 Å². The average molecular weight is 712 g/mol. The Labute approximate surface area is 323 Å². The van der Waals surface area contributed by atoms with Gasteiger partial charge in [-0.05, 0) is 36.8 Å². The van der Waals surface area contributed by atoms with Crippen LogP contribution in [0.4, 0.5) is 0 Å². The van der Waals surface area contributed by atoms with Crippen LogP contribution >= 0.6 is 0 Å². The average Bonchev–Trinajstić information content (AvgIpc) is 3.63. The minimum absolute atomic E-state index is 0.00203. The fourth-order valence-corrected chi connectivity index (χ4v) is 8.74. The molecule has 2 nitrogen and oxygen atoms in total. The van der Waals surface area contributed by atoms with Crippen LogP contribution in [0.5, 0.6) is 0 Å². The first-order valence-corrected chi connectivity index (χ1v) is 22.8. The summed E-state index contributed by atoms with van der Waals surface area (Å²) in [5, 5.41) is 0. The lowest BCUT2D eigenvalue weighted by Gasteiger charge is -2.37. The van der Waals surface area contributed by atoms with Crippen LogP contribution in [0, 0.1) is 0 Å². The van der Waals surface area contributed by atoms with E-state index < -0.39 is 0 Å². The van der Waals surface area contributed by atoms with Crippen molar-refractivity contribution in [1.82, 2.24) is 4.98 Å². The molecule has 0 bridgehead atoms. The van der Waals surface area contributed by atoms with Crippen molar-refractivity contribution in [3.05, 3.63) is 90.0 Å². The molecule has 3 rings (SSSR count). The van der Waals surface area contributed by atoms with E-state index in [0.717, 1.165) is 13.0 Å². The standard InChI is InChI=1S/C50H82N2/c1-4-6-8-10-12-14-16-17-18-19-20-21-22-23-25-27-35-41-48(50(3,47-39-33-30-34-40-47)45-46-37-31-29-32-38-46)49-51-42-44-52(49)43-36-28-26-24-15-13-11-9-7-5-2/h29-34,37-40,42,44,48H,4-28,35-36,41,43,45H2,1-3H3/p+1. The van der Waals surface area contributed by atoms with E-state index in [1.54, 1.807) is 0 Å². The van der Waals surface area contributed by atoms with Crippen LogP contribution in [0.25, 0.3) is 0 Å². The summed E-state index contributed by atoms with van der Waals surface area (Å²) < 4.78 is 2.59. The Hall–Kier alpha value is -2.35. The zero-order valence-electron chi connectivity index (χ0n) is 34.7. The molecule has 1 aromatic heterocycles. The third-order valence-electron chi connectivity index (χ3n) is 12.1. The van der Waals surface area contributed by atoms with Gasteiger partial charge >= 0.3 is 0 Å². The minimum Gasteiger partial charge on any atom is -0.247 e. The van der Waals surface area contributed by atoms with Crippen molar-refractivity contribution in [3.63, 3.8) is 0 Å². The number of hydrogen-bond donors (Lipinski definition) is 1. The Morgan fingerprint density at radius 1 is 0.500 bits per heavy atom. The molecule has 3 aromatic rings. The topological polar surface area (TPSA) is 19.7 Å². The SMILES string of the molecule is CCCCCCCCCCCCCCCCCCCC(c1[nH]cc[n+]1CCCCCCCCCCCC)C(C)(Cc1ccccc1)c1ccccc1. The number of aromatic amines is 1. The molecule has 0 spiro atoms. The van der Waals surface area contributed by atoms with Gasteiger partial charge in [-0.2, -0.15) is 0 Å². The number of nitrogens with zero attached hydrogens (tertiary/aromatic N) is 1. The molecule has 0 amide bonds. The molecule has 2 atom stereocenters. The number of hydrogen-bond acceptors (Lipinski definition) is 0. The molecular formula is C50H83N2+. The van der Waals surface area contributed by atoms with E-state index in [4.69, 9.17) is 0 Å². The number of H-pyrrole nitrogens is 1. The van der Waals surface area contributed by atoms with Crippen molar-refractivity contribution in [2.45, 2.75) is 225 Å². The van der Waals surface area contributed by atoms with E-state index in [2.05, 4.69) is 103 Å². The number of aromatic nitrogens is 2. The molecule has 1 heterocycles. The molecule has 0 saturated heterocycles. The third-order valence-corrected chi connectivity index (χ3v) is 12.1. The van der Waals surface area contributed by atoms with Gasteiger partial charge in [0.15, 0.2) is 0 Å². The van der Waals surface area contributed by atoms with E-state index in [-0.39, 0.29) is 5.41 Å². The van der Waals surface area contributed by atoms with Gasteiger partial charge in [0, 0.05) is 5.41 Å². The van der Waals surface area contributed by atoms with E-state index in [1.165, 1.54) is 197 Å². The molecular weight excluding hydrogens is 629 g/mol. The summed E-state index contributed by atoms with van der Waals surface area (Å²) in [7, 11) is 0. The first kappa shape index (κ1) is 44.0. The normalized spacial score (nSPS) is 13.4. The summed E-state index contributed by atoms with van der Waals surface area (Å²) in [5.41, 5.74) is 2.91. The molecule has 52 heavy (non-hydrogen) atoms. The molecule has 0 aliphatic carbocycles. The summed E-state index contributed by atoms with van der Waals surface area (Å²) in [6, 6.07) is 22.7. The van der Waals surface area contributed by atoms with E-state index >= 15 is 0 Å². The van der Waals surface area contributed by atoms with Crippen LogP contribution in [0.3, 0.4) is 0 Å². The van der Waals surface area contributed by atoms with Crippen molar-refractivity contribution >= 4 is 0 Å². The quantitative estimate of drug-likeness (QED) is 0.0470. The summed E-state index contributed by atoms with van der Waals surface area (Å²) in [6.45, 7) is 8.30. The molecule has 292 valence electrons. The van der Waals surface area contributed by atoms with E-state index in [0.29, 0.717) is 5.92 Å². The highest BCUT2D eigenvalue weighted by Crippen LogP contribution is 2.43. The van der Waals surface area contributed by atoms with Crippen LogP contribution < -0.4 is 4.57 Å². The van der Waals surface area contributed by atoms with Gasteiger partial charge in [0.1, 0.15) is 12.4 Å². The predicted molar refractivity (Wildman–Crippen MR) is 228 cm³/mol. The molecule has 0 aliphatic heterocycles. The van der Waals surface area contributed by atoms with Crippen LogP contribution in [0.1, 0.15) is 223 Å². The van der Waals surface area contributed by atoms with Gasteiger partial charge in [-0.1, -0.05) is 242 Å². The second kappa shape index (κ2) is 29.1. The minimum atomic E-state index is 0.00203. The van der Waals surface area contributed by atoms with Gasteiger partial charge in [0.2, 0.25) is 0 Å². The van der Waals surface area contributed by atoms with Gasteiger partial charge in [-0.25, -0.2) is 9.55 Å². The predicted octanol–water partition coefficient (Wildman–Crippen LogP) is 15.5. The fraction of sp³-hybridized carbons (Fsp3) is 0.700.